The fraction of sp³-hybridized carbons (Fsp3) is 0.500. The topological polar surface area (TPSA) is 51.0 Å². The van der Waals surface area contributed by atoms with E-state index in [1.165, 1.54) is 0 Å². The van der Waals surface area contributed by atoms with Gasteiger partial charge in [0.25, 0.3) is 0 Å². The minimum atomic E-state index is -0.187. The van der Waals surface area contributed by atoms with Crippen LogP contribution < -0.4 is 0 Å². The molecule has 1 fully saturated rings. The van der Waals surface area contributed by atoms with Crippen LogP contribution in [0.1, 0.15) is 36.7 Å². The molecule has 1 amide bonds. The monoisotopic (exact) mass is 290 g/mol. The zero-order chi connectivity index (χ0) is 13.9. The van der Waals surface area contributed by atoms with Crippen molar-refractivity contribution in [2.75, 3.05) is 13.1 Å². The molecule has 2 aromatic rings. The Morgan fingerprint density at radius 2 is 2.40 bits per heavy atom. The van der Waals surface area contributed by atoms with Crippen molar-refractivity contribution in [2.45, 2.75) is 31.7 Å². The van der Waals surface area contributed by atoms with Crippen molar-refractivity contribution in [1.29, 1.82) is 0 Å². The maximum Gasteiger partial charge on any atom is 0.245 e. The smallest absolute Gasteiger partial charge is 0.245 e. The van der Waals surface area contributed by atoms with E-state index in [0.717, 1.165) is 30.9 Å². The van der Waals surface area contributed by atoms with Gasteiger partial charge in [-0.3, -0.25) is 4.79 Å². The molecule has 1 saturated heterocycles. The van der Waals surface area contributed by atoms with E-state index in [1.807, 2.05) is 34.2 Å². The molecule has 5 nitrogen and oxygen atoms in total. The van der Waals surface area contributed by atoms with Crippen LogP contribution in [0.3, 0.4) is 0 Å². The molecule has 0 N–H and O–H groups in total. The number of rotatable bonds is 3. The van der Waals surface area contributed by atoms with Crippen molar-refractivity contribution in [3.63, 3.8) is 0 Å². The molecule has 3 rings (SSSR count). The lowest BCUT2D eigenvalue weighted by atomic mass is 9.98. The van der Waals surface area contributed by atoms with Gasteiger partial charge in [-0.05, 0) is 19.8 Å². The molecule has 106 valence electrons. The number of nitrogens with zero attached hydrogens (tertiary/aromatic N) is 4. The Bertz CT molecular complexity index is 552. The van der Waals surface area contributed by atoms with Gasteiger partial charge in [-0.1, -0.05) is 0 Å². The van der Waals surface area contributed by atoms with Crippen molar-refractivity contribution >= 4 is 17.2 Å². The van der Waals surface area contributed by atoms with Crippen LogP contribution in [0.4, 0.5) is 0 Å². The van der Waals surface area contributed by atoms with Gasteiger partial charge in [0.15, 0.2) is 0 Å². The highest BCUT2D eigenvalue weighted by Crippen LogP contribution is 2.29. The third kappa shape index (κ3) is 2.60. The predicted octanol–water partition coefficient (Wildman–Crippen LogP) is 2.31. The van der Waals surface area contributed by atoms with Gasteiger partial charge in [0.1, 0.15) is 6.04 Å². The van der Waals surface area contributed by atoms with Crippen LogP contribution in [0.15, 0.2) is 30.3 Å². The summed E-state index contributed by atoms with van der Waals surface area (Å²) in [6, 6.07) is -0.187. The lowest BCUT2D eigenvalue weighted by molar-refractivity contribution is -0.135. The molecule has 1 aliphatic rings. The summed E-state index contributed by atoms with van der Waals surface area (Å²) in [4.78, 5) is 22.9. The van der Waals surface area contributed by atoms with Gasteiger partial charge in [0.2, 0.25) is 5.91 Å². The second kappa shape index (κ2) is 5.75. The molecular formula is C14H18N4OS. The number of carbonyl (C=O) groups is 1. The summed E-state index contributed by atoms with van der Waals surface area (Å²) in [5, 5.41) is 3.15. The fourth-order valence-electron chi connectivity index (χ4n) is 2.71. The van der Waals surface area contributed by atoms with E-state index in [2.05, 4.69) is 9.97 Å². The molecule has 0 aromatic carbocycles. The summed E-state index contributed by atoms with van der Waals surface area (Å²) < 4.78 is 1.86. The number of hydrogen-bond acceptors (Lipinski definition) is 4. The van der Waals surface area contributed by atoms with Crippen LogP contribution in [-0.2, 0) is 4.79 Å². The molecule has 0 saturated carbocycles. The zero-order valence-corrected chi connectivity index (χ0v) is 12.3. The lowest BCUT2D eigenvalue weighted by Gasteiger charge is -2.33. The van der Waals surface area contributed by atoms with Crippen LogP contribution >= 0.6 is 11.3 Å². The third-order valence-electron chi connectivity index (χ3n) is 3.86. The number of aromatic nitrogens is 3. The molecule has 20 heavy (non-hydrogen) atoms. The van der Waals surface area contributed by atoms with E-state index >= 15 is 0 Å². The molecule has 2 aromatic heterocycles. The highest BCUT2D eigenvalue weighted by molar-refractivity contribution is 7.09. The van der Waals surface area contributed by atoms with Gasteiger partial charge in [-0.25, -0.2) is 9.97 Å². The molecule has 0 unspecified atom stereocenters. The average Bonchev–Trinajstić information content (AvgIpc) is 3.18. The van der Waals surface area contributed by atoms with Crippen molar-refractivity contribution in [2.24, 2.45) is 0 Å². The quantitative estimate of drug-likeness (QED) is 0.871. The molecule has 6 heteroatoms. The number of carbonyl (C=O) groups excluding carboxylic acids is 1. The van der Waals surface area contributed by atoms with E-state index in [1.54, 1.807) is 23.9 Å². The number of likely N-dealkylation sites (tertiary alicyclic amines) is 1. The van der Waals surface area contributed by atoms with Crippen LogP contribution in [0.2, 0.25) is 0 Å². The van der Waals surface area contributed by atoms with Crippen LogP contribution in [0.25, 0.3) is 0 Å². The zero-order valence-electron chi connectivity index (χ0n) is 11.5. The number of imidazole rings is 1. The summed E-state index contributed by atoms with van der Waals surface area (Å²) in [7, 11) is 0. The maximum atomic E-state index is 12.6. The Kier molecular flexibility index (Phi) is 3.82. The van der Waals surface area contributed by atoms with E-state index < -0.39 is 0 Å². The van der Waals surface area contributed by atoms with Crippen molar-refractivity contribution in [1.82, 2.24) is 19.4 Å². The van der Waals surface area contributed by atoms with Gasteiger partial charge in [-0.2, -0.15) is 0 Å². The maximum absolute atomic E-state index is 12.6. The largest absolute Gasteiger partial charge is 0.340 e. The minimum absolute atomic E-state index is 0.171. The van der Waals surface area contributed by atoms with E-state index in [4.69, 9.17) is 0 Å². The van der Waals surface area contributed by atoms with Gasteiger partial charge < -0.3 is 9.47 Å². The molecule has 2 atom stereocenters. The highest BCUT2D eigenvalue weighted by Gasteiger charge is 2.29. The molecule has 0 radical (unpaired) electrons. The standard InChI is InChI=1S/C14H18N4OS/c1-11(18-7-4-15-10-18)14(19)17-6-2-3-12(9-17)13-16-5-8-20-13/h4-5,7-8,10-12H,2-3,6,9H2,1H3/t11-,12+/m0/s1. The average molecular weight is 290 g/mol. The highest BCUT2D eigenvalue weighted by atomic mass is 32.1. The number of amides is 1. The van der Waals surface area contributed by atoms with Crippen molar-refractivity contribution < 1.29 is 4.79 Å². The Morgan fingerprint density at radius 3 is 3.10 bits per heavy atom. The van der Waals surface area contributed by atoms with Gasteiger partial charge in [-0.15, -0.1) is 11.3 Å². The first-order valence-electron chi connectivity index (χ1n) is 6.91. The summed E-state index contributed by atoms with van der Waals surface area (Å²) in [6.45, 7) is 3.56. The first kappa shape index (κ1) is 13.3. The molecule has 1 aliphatic heterocycles. The number of hydrogen-bond donors (Lipinski definition) is 0. The summed E-state index contributed by atoms with van der Waals surface area (Å²) in [5.41, 5.74) is 0. The van der Waals surface area contributed by atoms with Gasteiger partial charge in [0, 0.05) is 43.0 Å². The van der Waals surface area contributed by atoms with Crippen LogP contribution in [0.5, 0.6) is 0 Å². The van der Waals surface area contributed by atoms with Crippen LogP contribution in [0, 0.1) is 0 Å². The van der Waals surface area contributed by atoms with Gasteiger partial charge >= 0.3 is 0 Å². The first-order chi connectivity index (χ1) is 9.75. The van der Waals surface area contributed by atoms with Crippen molar-refractivity contribution in [3.8, 4) is 0 Å². The Hall–Kier alpha value is -1.69. The fourth-order valence-corrected chi connectivity index (χ4v) is 3.47. The SMILES string of the molecule is C[C@@H](C(=O)N1CCC[C@@H](c2nccs2)C1)n1ccnc1. The molecule has 0 spiro atoms. The Labute approximate surface area is 122 Å². The lowest BCUT2D eigenvalue weighted by Crippen LogP contribution is -2.42. The van der Waals surface area contributed by atoms with Crippen molar-refractivity contribution in [3.05, 3.63) is 35.3 Å². The Morgan fingerprint density at radius 1 is 1.50 bits per heavy atom. The van der Waals surface area contributed by atoms with Gasteiger partial charge in [0.05, 0.1) is 11.3 Å². The van der Waals surface area contributed by atoms with E-state index in [-0.39, 0.29) is 11.9 Å². The second-order valence-corrected chi connectivity index (χ2v) is 6.11. The summed E-state index contributed by atoms with van der Waals surface area (Å²) >= 11 is 1.69. The molecule has 0 aliphatic carbocycles. The van der Waals surface area contributed by atoms with E-state index in [0.29, 0.717) is 5.92 Å². The Balaban J connectivity index is 1.69. The molecular weight excluding hydrogens is 272 g/mol. The second-order valence-electron chi connectivity index (χ2n) is 5.18. The normalized spacial score (nSPS) is 20.9. The van der Waals surface area contributed by atoms with E-state index in [9.17, 15) is 4.79 Å². The molecule has 0 bridgehead atoms. The minimum Gasteiger partial charge on any atom is -0.340 e. The van der Waals surface area contributed by atoms with Crippen LogP contribution in [-0.4, -0.2) is 38.4 Å². The predicted molar refractivity (Wildman–Crippen MR) is 77.6 cm³/mol. The summed E-state index contributed by atoms with van der Waals surface area (Å²) in [5.74, 6) is 0.562. The first-order valence-corrected chi connectivity index (χ1v) is 7.79. The summed E-state index contributed by atoms with van der Waals surface area (Å²) in [6.07, 6.45) is 9.26. The number of thiazole rings is 1. The number of piperidine rings is 1. The molecule has 3 heterocycles. The third-order valence-corrected chi connectivity index (χ3v) is 4.80.